The second-order valence-electron chi connectivity index (χ2n) is 4.33. The van der Waals surface area contributed by atoms with E-state index in [1.54, 1.807) is 18.2 Å². The molecule has 0 spiro atoms. The van der Waals surface area contributed by atoms with E-state index in [1.807, 2.05) is 13.8 Å². The van der Waals surface area contributed by atoms with E-state index in [-0.39, 0.29) is 29.9 Å². The highest BCUT2D eigenvalue weighted by molar-refractivity contribution is 8.00. The lowest BCUT2D eigenvalue weighted by Gasteiger charge is -2.14. The van der Waals surface area contributed by atoms with Gasteiger partial charge >= 0.3 is 0 Å². The lowest BCUT2D eigenvalue weighted by atomic mass is 10.1. The van der Waals surface area contributed by atoms with E-state index >= 15 is 0 Å². The summed E-state index contributed by atoms with van der Waals surface area (Å²) < 4.78 is 13.3. The second kappa shape index (κ2) is 7.38. The van der Waals surface area contributed by atoms with Crippen molar-refractivity contribution in [3.63, 3.8) is 0 Å². The maximum Gasteiger partial charge on any atom is 0.230 e. The van der Waals surface area contributed by atoms with E-state index in [1.165, 1.54) is 6.07 Å². The third-order valence-electron chi connectivity index (χ3n) is 2.47. The minimum absolute atomic E-state index is 0.101. The lowest BCUT2D eigenvalue weighted by molar-refractivity contribution is -0.119. The Kier molecular flexibility index (Phi) is 6.15. The van der Waals surface area contributed by atoms with Crippen LogP contribution in [0, 0.1) is 11.7 Å². The first-order valence-corrected chi connectivity index (χ1v) is 6.81. The average Bonchev–Trinajstić information content (AvgIpc) is 2.34. The van der Waals surface area contributed by atoms with Crippen molar-refractivity contribution < 1.29 is 14.3 Å². The summed E-state index contributed by atoms with van der Waals surface area (Å²) in [4.78, 5) is 11.9. The SMILES string of the molecule is CC(C)C(O)CNC(=O)CSc1ccccc1F. The smallest absolute Gasteiger partial charge is 0.230 e. The summed E-state index contributed by atoms with van der Waals surface area (Å²) in [6, 6.07) is 6.34. The summed E-state index contributed by atoms with van der Waals surface area (Å²) in [5.74, 6) is -0.281. The Hall–Kier alpha value is -1.07. The number of hydrogen-bond donors (Lipinski definition) is 2. The van der Waals surface area contributed by atoms with Crippen molar-refractivity contribution >= 4 is 17.7 Å². The number of amides is 1. The van der Waals surface area contributed by atoms with Crippen molar-refractivity contribution in [1.29, 1.82) is 0 Å². The molecule has 1 aromatic carbocycles. The topological polar surface area (TPSA) is 49.3 Å². The van der Waals surface area contributed by atoms with Gasteiger partial charge in [-0.25, -0.2) is 4.39 Å². The van der Waals surface area contributed by atoms with Crippen LogP contribution >= 0.6 is 11.8 Å². The van der Waals surface area contributed by atoms with Crippen LogP contribution in [0.5, 0.6) is 0 Å². The van der Waals surface area contributed by atoms with Gasteiger partial charge in [0.15, 0.2) is 0 Å². The molecule has 1 aromatic rings. The summed E-state index contributed by atoms with van der Waals surface area (Å²) >= 11 is 1.15. The van der Waals surface area contributed by atoms with Crippen LogP contribution in [-0.2, 0) is 4.79 Å². The fourth-order valence-electron chi connectivity index (χ4n) is 1.21. The van der Waals surface area contributed by atoms with E-state index in [2.05, 4.69) is 5.32 Å². The van der Waals surface area contributed by atoms with Gasteiger partial charge in [0.1, 0.15) is 5.82 Å². The number of hydrogen-bond acceptors (Lipinski definition) is 3. The van der Waals surface area contributed by atoms with Gasteiger partial charge in [0.05, 0.1) is 11.9 Å². The summed E-state index contributed by atoms with van der Waals surface area (Å²) in [5.41, 5.74) is 0. The van der Waals surface area contributed by atoms with E-state index in [0.717, 1.165) is 11.8 Å². The highest BCUT2D eigenvalue weighted by Crippen LogP contribution is 2.20. The van der Waals surface area contributed by atoms with E-state index in [0.29, 0.717) is 4.90 Å². The Labute approximate surface area is 111 Å². The number of halogens is 1. The third kappa shape index (κ3) is 5.06. The van der Waals surface area contributed by atoms with Gasteiger partial charge in [-0.2, -0.15) is 0 Å². The monoisotopic (exact) mass is 271 g/mol. The van der Waals surface area contributed by atoms with Crippen molar-refractivity contribution in [3.8, 4) is 0 Å². The second-order valence-corrected chi connectivity index (χ2v) is 5.35. The molecule has 1 atom stereocenters. The Balaban J connectivity index is 2.32. The summed E-state index contributed by atoms with van der Waals surface area (Å²) in [6.07, 6.45) is -0.549. The molecule has 5 heteroatoms. The Morgan fingerprint density at radius 1 is 1.44 bits per heavy atom. The van der Waals surface area contributed by atoms with E-state index in [9.17, 15) is 14.3 Å². The molecule has 100 valence electrons. The summed E-state index contributed by atoms with van der Waals surface area (Å²) in [7, 11) is 0. The molecule has 0 aliphatic carbocycles. The number of aliphatic hydroxyl groups is 1. The molecule has 0 aromatic heterocycles. The zero-order chi connectivity index (χ0) is 13.5. The zero-order valence-electron chi connectivity index (χ0n) is 10.5. The largest absolute Gasteiger partial charge is 0.391 e. The lowest BCUT2D eigenvalue weighted by Crippen LogP contribution is -2.35. The molecule has 1 unspecified atom stereocenters. The van der Waals surface area contributed by atoms with E-state index in [4.69, 9.17) is 0 Å². The van der Waals surface area contributed by atoms with Crippen LogP contribution in [0.25, 0.3) is 0 Å². The van der Waals surface area contributed by atoms with Gasteiger partial charge in [-0.15, -0.1) is 11.8 Å². The van der Waals surface area contributed by atoms with Gasteiger partial charge < -0.3 is 10.4 Å². The fraction of sp³-hybridized carbons (Fsp3) is 0.462. The minimum Gasteiger partial charge on any atom is -0.391 e. The molecular formula is C13H18FNO2S. The number of nitrogens with one attached hydrogen (secondary N) is 1. The van der Waals surface area contributed by atoms with Crippen LogP contribution in [-0.4, -0.2) is 29.4 Å². The van der Waals surface area contributed by atoms with Crippen molar-refractivity contribution in [2.45, 2.75) is 24.8 Å². The molecular weight excluding hydrogens is 253 g/mol. The predicted molar refractivity (Wildman–Crippen MR) is 71.0 cm³/mol. The van der Waals surface area contributed by atoms with Crippen molar-refractivity contribution in [2.75, 3.05) is 12.3 Å². The zero-order valence-corrected chi connectivity index (χ0v) is 11.3. The normalized spacial score (nSPS) is 12.5. The average molecular weight is 271 g/mol. The number of carbonyl (C=O) groups is 1. The molecule has 0 radical (unpaired) electrons. The Bertz CT molecular complexity index is 398. The van der Waals surface area contributed by atoms with Crippen LogP contribution in [0.2, 0.25) is 0 Å². The molecule has 0 bridgehead atoms. The molecule has 2 N–H and O–H groups in total. The van der Waals surface area contributed by atoms with Crippen molar-refractivity contribution in [2.24, 2.45) is 5.92 Å². The van der Waals surface area contributed by atoms with Crippen molar-refractivity contribution in [1.82, 2.24) is 5.32 Å². The molecule has 0 heterocycles. The molecule has 0 aliphatic heterocycles. The van der Waals surface area contributed by atoms with Crippen LogP contribution in [0.3, 0.4) is 0 Å². The predicted octanol–water partition coefficient (Wildman–Crippen LogP) is 2.05. The maximum absolute atomic E-state index is 13.3. The molecule has 1 rings (SSSR count). The molecule has 0 fully saturated rings. The van der Waals surface area contributed by atoms with Crippen LogP contribution in [0.1, 0.15) is 13.8 Å². The summed E-state index contributed by atoms with van der Waals surface area (Å²) in [5, 5.41) is 12.1. The third-order valence-corrected chi connectivity index (χ3v) is 3.52. The standard InChI is InChI=1S/C13H18FNO2S/c1-9(2)11(16)7-15-13(17)8-18-12-6-4-3-5-10(12)14/h3-6,9,11,16H,7-8H2,1-2H3,(H,15,17). The number of thioether (sulfide) groups is 1. The molecule has 0 saturated carbocycles. The number of benzene rings is 1. The van der Waals surface area contributed by atoms with Gasteiger partial charge in [-0.3, -0.25) is 4.79 Å². The first kappa shape index (κ1) is 15.0. The highest BCUT2D eigenvalue weighted by atomic mass is 32.2. The van der Waals surface area contributed by atoms with Crippen LogP contribution < -0.4 is 5.32 Å². The highest BCUT2D eigenvalue weighted by Gasteiger charge is 2.11. The minimum atomic E-state index is -0.549. The molecule has 1 amide bonds. The maximum atomic E-state index is 13.3. The Morgan fingerprint density at radius 3 is 2.72 bits per heavy atom. The number of carbonyl (C=O) groups excluding carboxylic acids is 1. The molecule has 3 nitrogen and oxygen atoms in total. The van der Waals surface area contributed by atoms with Crippen LogP contribution in [0.4, 0.5) is 4.39 Å². The van der Waals surface area contributed by atoms with Gasteiger partial charge in [0, 0.05) is 11.4 Å². The fourth-order valence-corrected chi connectivity index (χ4v) is 1.98. The first-order valence-electron chi connectivity index (χ1n) is 5.82. The van der Waals surface area contributed by atoms with E-state index < -0.39 is 6.10 Å². The number of rotatable bonds is 6. The summed E-state index contributed by atoms with van der Waals surface area (Å²) in [6.45, 7) is 3.99. The molecule has 0 saturated heterocycles. The first-order chi connectivity index (χ1) is 8.50. The number of aliphatic hydroxyl groups excluding tert-OH is 1. The Morgan fingerprint density at radius 2 is 2.11 bits per heavy atom. The van der Waals surface area contributed by atoms with Gasteiger partial charge in [0.25, 0.3) is 0 Å². The van der Waals surface area contributed by atoms with Crippen LogP contribution in [0.15, 0.2) is 29.2 Å². The van der Waals surface area contributed by atoms with Gasteiger partial charge in [0.2, 0.25) is 5.91 Å². The van der Waals surface area contributed by atoms with Gasteiger partial charge in [-0.05, 0) is 18.1 Å². The van der Waals surface area contributed by atoms with Gasteiger partial charge in [-0.1, -0.05) is 26.0 Å². The quantitative estimate of drug-likeness (QED) is 0.779. The van der Waals surface area contributed by atoms with Crippen molar-refractivity contribution in [3.05, 3.63) is 30.1 Å². The molecule has 18 heavy (non-hydrogen) atoms. The molecule has 0 aliphatic rings.